The average molecular weight is 388 g/mol. The number of rotatable bonds is 4. The summed E-state index contributed by atoms with van der Waals surface area (Å²) in [5.74, 6) is 1.78. The van der Waals surface area contributed by atoms with Crippen molar-refractivity contribution in [2.24, 2.45) is 0 Å². The fourth-order valence-electron chi connectivity index (χ4n) is 5.31. The third-order valence-corrected chi connectivity index (χ3v) is 6.76. The lowest BCUT2D eigenvalue weighted by Gasteiger charge is -2.41. The molecule has 1 aliphatic heterocycles. The molecule has 5 rings (SSSR count). The number of para-hydroxylation sites is 1. The van der Waals surface area contributed by atoms with Gasteiger partial charge in [0.1, 0.15) is 5.60 Å². The van der Waals surface area contributed by atoms with Gasteiger partial charge in [0.2, 0.25) is 0 Å². The van der Waals surface area contributed by atoms with E-state index in [-0.39, 0.29) is 17.7 Å². The van der Waals surface area contributed by atoms with Crippen LogP contribution in [0.5, 0.6) is 11.5 Å². The first kappa shape index (κ1) is 18.5. The second-order valence-electron chi connectivity index (χ2n) is 8.58. The molecule has 1 spiro atoms. The van der Waals surface area contributed by atoms with E-state index < -0.39 is 0 Å². The molecule has 1 saturated carbocycles. The van der Waals surface area contributed by atoms with Gasteiger partial charge in [-0.15, -0.1) is 0 Å². The third-order valence-electron chi connectivity index (χ3n) is 6.76. The average Bonchev–Trinajstić information content (AvgIpc) is 3.20. The Morgan fingerprint density at radius 1 is 1.00 bits per heavy atom. The standard InChI is InChI=1S/C26H29NO2/c1-18(20-12-7-10-19-9-3-4-11-21(19)20)27-23-17-26(15-5-6-16-26)29-25-22(23)13-8-14-24(25)28-2/h3-4,7-14,18,23,27H,5-6,15-17H2,1-2H3/t18?,23-/m1/s1. The van der Waals surface area contributed by atoms with Gasteiger partial charge >= 0.3 is 0 Å². The molecule has 1 fully saturated rings. The Kier molecular flexibility index (Phi) is 4.71. The predicted molar refractivity (Wildman–Crippen MR) is 118 cm³/mol. The molecule has 3 aromatic rings. The maximum absolute atomic E-state index is 6.63. The molecule has 0 aromatic heterocycles. The van der Waals surface area contributed by atoms with Crippen LogP contribution in [0.15, 0.2) is 60.7 Å². The molecular weight excluding hydrogens is 358 g/mol. The molecular formula is C26H29NO2. The van der Waals surface area contributed by atoms with Crippen LogP contribution in [0.4, 0.5) is 0 Å². The summed E-state index contributed by atoms with van der Waals surface area (Å²) in [6.45, 7) is 2.28. The number of ether oxygens (including phenoxy) is 2. The van der Waals surface area contributed by atoms with Gasteiger partial charge in [0.15, 0.2) is 11.5 Å². The second kappa shape index (κ2) is 7.38. The molecule has 150 valence electrons. The number of benzene rings is 3. The Morgan fingerprint density at radius 3 is 2.59 bits per heavy atom. The van der Waals surface area contributed by atoms with Crippen molar-refractivity contribution in [3.63, 3.8) is 0 Å². The first-order valence-corrected chi connectivity index (χ1v) is 10.8. The summed E-state index contributed by atoms with van der Waals surface area (Å²) < 4.78 is 12.3. The highest BCUT2D eigenvalue weighted by atomic mass is 16.5. The maximum atomic E-state index is 6.63. The van der Waals surface area contributed by atoms with Crippen LogP contribution in [-0.4, -0.2) is 12.7 Å². The van der Waals surface area contributed by atoms with Gasteiger partial charge in [-0.25, -0.2) is 0 Å². The Labute approximate surface area is 173 Å². The van der Waals surface area contributed by atoms with E-state index in [4.69, 9.17) is 9.47 Å². The number of hydrogen-bond donors (Lipinski definition) is 1. The van der Waals surface area contributed by atoms with E-state index in [9.17, 15) is 0 Å². The normalized spacial score (nSPS) is 21.0. The summed E-state index contributed by atoms with van der Waals surface area (Å²) in [4.78, 5) is 0. The second-order valence-corrected chi connectivity index (χ2v) is 8.58. The molecule has 1 heterocycles. The topological polar surface area (TPSA) is 30.5 Å². The first-order valence-electron chi connectivity index (χ1n) is 10.8. The molecule has 3 nitrogen and oxygen atoms in total. The molecule has 29 heavy (non-hydrogen) atoms. The van der Waals surface area contributed by atoms with Gasteiger partial charge in [-0.3, -0.25) is 0 Å². The number of fused-ring (bicyclic) bond motifs is 2. The molecule has 2 aliphatic rings. The summed E-state index contributed by atoms with van der Waals surface area (Å²) in [6.07, 6.45) is 5.77. The number of methoxy groups -OCH3 is 1. The van der Waals surface area contributed by atoms with Crippen LogP contribution in [-0.2, 0) is 0 Å². The Hall–Kier alpha value is -2.52. The summed E-state index contributed by atoms with van der Waals surface area (Å²) in [7, 11) is 1.73. The fourth-order valence-corrected chi connectivity index (χ4v) is 5.31. The van der Waals surface area contributed by atoms with E-state index in [0.29, 0.717) is 0 Å². The number of hydrogen-bond acceptors (Lipinski definition) is 3. The van der Waals surface area contributed by atoms with Gasteiger partial charge in [0.25, 0.3) is 0 Å². The third kappa shape index (κ3) is 3.28. The molecule has 1 aliphatic carbocycles. The molecule has 1 N–H and O–H groups in total. The summed E-state index contributed by atoms with van der Waals surface area (Å²) in [5, 5.41) is 6.56. The summed E-state index contributed by atoms with van der Waals surface area (Å²) in [5.41, 5.74) is 2.51. The van der Waals surface area contributed by atoms with Crippen molar-refractivity contribution in [2.45, 2.75) is 56.7 Å². The van der Waals surface area contributed by atoms with Crippen molar-refractivity contribution in [1.82, 2.24) is 5.32 Å². The molecule has 0 saturated heterocycles. The summed E-state index contributed by atoms with van der Waals surface area (Å²) >= 11 is 0. The summed E-state index contributed by atoms with van der Waals surface area (Å²) in [6, 6.07) is 22.0. The lowest BCUT2D eigenvalue weighted by atomic mass is 9.85. The van der Waals surface area contributed by atoms with Crippen molar-refractivity contribution >= 4 is 10.8 Å². The fraction of sp³-hybridized carbons (Fsp3) is 0.385. The van der Waals surface area contributed by atoms with E-state index in [1.807, 2.05) is 6.07 Å². The zero-order valence-electron chi connectivity index (χ0n) is 17.3. The maximum Gasteiger partial charge on any atom is 0.166 e. The largest absolute Gasteiger partial charge is 0.493 e. The van der Waals surface area contributed by atoms with Crippen molar-refractivity contribution in [1.29, 1.82) is 0 Å². The molecule has 1 unspecified atom stereocenters. The molecule has 3 heteroatoms. The molecule has 0 radical (unpaired) electrons. The minimum absolute atomic E-state index is 0.0578. The van der Waals surface area contributed by atoms with Crippen molar-refractivity contribution in [3.8, 4) is 11.5 Å². The van der Waals surface area contributed by atoms with Crippen molar-refractivity contribution < 1.29 is 9.47 Å². The van der Waals surface area contributed by atoms with Crippen molar-refractivity contribution in [2.75, 3.05) is 7.11 Å². The molecule has 0 bridgehead atoms. The van der Waals surface area contributed by atoms with Gasteiger partial charge in [-0.1, -0.05) is 54.6 Å². The zero-order valence-corrected chi connectivity index (χ0v) is 17.3. The Balaban J connectivity index is 1.51. The first-order chi connectivity index (χ1) is 14.2. The minimum atomic E-state index is -0.0578. The quantitative estimate of drug-likeness (QED) is 0.567. The van der Waals surface area contributed by atoms with Gasteiger partial charge in [0.05, 0.1) is 7.11 Å². The van der Waals surface area contributed by atoms with E-state index in [1.165, 1.54) is 34.7 Å². The lowest BCUT2D eigenvalue weighted by molar-refractivity contribution is 0.0321. The zero-order chi connectivity index (χ0) is 19.8. The Bertz CT molecular complexity index is 1020. The van der Waals surface area contributed by atoms with Crippen LogP contribution in [0, 0.1) is 0 Å². The predicted octanol–water partition coefficient (Wildman–Crippen LogP) is 6.34. The van der Waals surface area contributed by atoms with E-state index in [0.717, 1.165) is 30.8 Å². The van der Waals surface area contributed by atoms with E-state index in [2.05, 4.69) is 66.8 Å². The van der Waals surface area contributed by atoms with Gasteiger partial charge in [-0.05, 0) is 55.0 Å². The highest BCUT2D eigenvalue weighted by Crippen LogP contribution is 2.50. The highest BCUT2D eigenvalue weighted by molar-refractivity contribution is 5.86. The monoisotopic (exact) mass is 387 g/mol. The molecule has 2 atom stereocenters. The minimum Gasteiger partial charge on any atom is -0.493 e. The molecule has 3 aromatic carbocycles. The van der Waals surface area contributed by atoms with Gasteiger partial charge in [0, 0.05) is 24.1 Å². The van der Waals surface area contributed by atoms with E-state index >= 15 is 0 Å². The number of nitrogens with one attached hydrogen (secondary N) is 1. The van der Waals surface area contributed by atoms with Gasteiger partial charge in [-0.2, -0.15) is 0 Å². The van der Waals surface area contributed by atoms with Crippen LogP contribution < -0.4 is 14.8 Å². The van der Waals surface area contributed by atoms with Crippen LogP contribution in [0.2, 0.25) is 0 Å². The lowest BCUT2D eigenvalue weighted by Crippen LogP contribution is -2.42. The molecule has 0 amide bonds. The van der Waals surface area contributed by atoms with Crippen LogP contribution >= 0.6 is 0 Å². The van der Waals surface area contributed by atoms with E-state index in [1.54, 1.807) is 7.11 Å². The van der Waals surface area contributed by atoms with Crippen LogP contribution in [0.1, 0.15) is 62.2 Å². The van der Waals surface area contributed by atoms with Gasteiger partial charge < -0.3 is 14.8 Å². The van der Waals surface area contributed by atoms with Crippen LogP contribution in [0.25, 0.3) is 10.8 Å². The van der Waals surface area contributed by atoms with Crippen molar-refractivity contribution in [3.05, 3.63) is 71.8 Å². The Morgan fingerprint density at radius 2 is 1.76 bits per heavy atom. The highest BCUT2D eigenvalue weighted by Gasteiger charge is 2.44. The SMILES string of the molecule is COc1cccc2c1OC1(CCCC1)C[C@H]2NC(C)c1cccc2ccccc12. The van der Waals surface area contributed by atoms with Crippen LogP contribution in [0.3, 0.4) is 0 Å². The smallest absolute Gasteiger partial charge is 0.166 e.